The van der Waals surface area contributed by atoms with Crippen LogP contribution in [-0.4, -0.2) is 16.8 Å². The molecule has 0 radical (unpaired) electrons. The van der Waals surface area contributed by atoms with E-state index in [1.165, 1.54) is 32.7 Å². The van der Waals surface area contributed by atoms with Crippen LogP contribution in [-0.2, 0) is 11.3 Å². The molecule has 2 nitrogen and oxygen atoms in total. The number of fused-ring (bicyclic) bond motifs is 2. The first kappa shape index (κ1) is 25.8. The largest absolute Gasteiger partial charge is 0.335 e. The molecule has 0 N–H and O–H groups in total. The summed E-state index contributed by atoms with van der Waals surface area (Å²) in [5.74, 6) is 0.191. The first-order valence-corrected chi connectivity index (χ1v) is 13.5. The van der Waals surface area contributed by atoms with Crippen LogP contribution in [0, 0.1) is 0 Å². The van der Waals surface area contributed by atoms with E-state index >= 15 is 0 Å². The number of rotatable bonds is 8. The fourth-order valence-electron chi connectivity index (χ4n) is 5.28. The van der Waals surface area contributed by atoms with Gasteiger partial charge in [0.1, 0.15) is 0 Å². The molecule has 0 heterocycles. The third kappa shape index (κ3) is 5.98. The van der Waals surface area contributed by atoms with Crippen LogP contribution in [0.1, 0.15) is 42.9 Å². The van der Waals surface area contributed by atoms with Crippen molar-refractivity contribution in [3.05, 3.63) is 137 Å². The highest BCUT2D eigenvalue weighted by Crippen LogP contribution is 2.31. The van der Waals surface area contributed by atoms with E-state index in [2.05, 4.69) is 110 Å². The van der Waals surface area contributed by atoms with Crippen molar-refractivity contribution < 1.29 is 4.79 Å². The van der Waals surface area contributed by atoms with Gasteiger partial charge in [-0.15, -0.1) is 0 Å². The monoisotopic (exact) mass is 517 g/mol. The molecule has 0 saturated carbocycles. The molecular weight excluding hydrogens is 486 g/mol. The highest BCUT2D eigenvalue weighted by molar-refractivity contribution is 6.30. The number of allylic oxidation sites excluding steroid dienone is 1. The summed E-state index contributed by atoms with van der Waals surface area (Å²) in [6, 6.07) is 37.8. The van der Waals surface area contributed by atoms with Crippen LogP contribution in [0.2, 0.25) is 5.02 Å². The van der Waals surface area contributed by atoms with Gasteiger partial charge in [0.15, 0.2) is 0 Å². The lowest BCUT2D eigenvalue weighted by molar-refractivity contribution is -0.132. The van der Waals surface area contributed by atoms with E-state index in [4.69, 9.17) is 11.6 Å². The summed E-state index contributed by atoms with van der Waals surface area (Å²) in [6.45, 7) is 4.40. The van der Waals surface area contributed by atoms with E-state index in [1.807, 2.05) is 23.1 Å². The van der Waals surface area contributed by atoms with Crippen LogP contribution < -0.4 is 0 Å². The van der Waals surface area contributed by atoms with Crippen molar-refractivity contribution in [3.8, 4) is 0 Å². The Morgan fingerprint density at radius 3 is 2.05 bits per heavy atom. The topological polar surface area (TPSA) is 20.3 Å². The second kappa shape index (κ2) is 11.7. The van der Waals surface area contributed by atoms with Gasteiger partial charge in [0.2, 0.25) is 5.91 Å². The number of halogens is 1. The van der Waals surface area contributed by atoms with Crippen molar-refractivity contribution in [3.63, 3.8) is 0 Å². The van der Waals surface area contributed by atoms with Gasteiger partial charge in [-0.3, -0.25) is 4.79 Å². The van der Waals surface area contributed by atoms with Crippen LogP contribution in [0.15, 0.2) is 115 Å². The lowest BCUT2D eigenvalue weighted by atomic mass is 9.87. The summed E-state index contributed by atoms with van der Waals surface area (Å²) in [5, 5.41) is 5.58. The SMILES string of the molecule is CC(=O)N(Cc1ccc2ccccc2c1)C(C)C(CC=Cc1ccc2ccccc2c1)c1ccc(Cl)cc1. The lowest BCUT2D eigenvalue weighted by Gasteiger charge is -2.34. The molecular formula is C35H32ClNO. The lowest BCUT2D eigenvalue weighted by Crippen LogP contribution is -2.40. The van der Waals surface area contributed by atoms with E-state index < -0.39 is 0 Å². The van der Waals surface area contributed by atoms with Crippen LogP contribution in [0.3, 0.4) is 0 Å². The van der Waals surface area contributed by atoms with Crippen molar-refractivity contribution in [2.75, 3.05) is 0 Å². The molecule has 1 amide bonds. The molecule has 190 valence electrons. The maximum Gasteiger partial charge on any atom is 0.220 e. The Morgan fingerprint density at radius 2 is 1.39 bits per heavy atom. The Bertz CT molecular complexity index is 1590. The molecule has 2 atom stereocenters. The third-order valence-electron chi connectivity index (χ3n) is 7.42. The van der Waals surface area contributed by atoms with Gasteiger partial charge in [0.25, 0.3) is 0 Å². The van der Waals surface area contributed by atoms with Gasteiger partial charge >= 0.3 is 0 Å². The summed E-state index contributed by atoms with van der Waals surface area (Å²) in [6.07, 6.45) is 5.22. The van der Waals surface area contributed by atoms with E-state index in [0.717, 1.165) is 12.0 Å². The van der Waals surface area contributed by atoms with E-state index in [9.17, 15) is 4.79 Å². The van der Waals surface area contributed by atoms with E-state index in [-0.39, 0.29) is 17.9 Å². The number of hydrogen-bond acceptors (Lipinski definition) is 1. The van der Waals surface area contributed by atoms with Crippen molar-refractivity contribution in [2.45, 2.75) is 38.8 Å². The predicted octanol–water partition coefficient (Wildman–Crippen LogP) is 9.27. The Hall–Kier alpha value is -3.88. The van der Waals surface area contributed by atoms with Gasteiger partial charge in [-0.05, 0) is 75.8 Å². The Morgan fingerprint density at radius 1 is 0.789 bits per heavy atom. The number of nitrogens with zero attached hydrogens (tertiary/aromatic N) is 1. The normalized spacial score (nSPS) is 13.1. The van der Waals surface area contributed by atoms with Gasteiger partial charge in [0, 0.05) is 30.5 Å². The fraction of sp³-hybridized carbons (Fsp3) is 0.171. The minimum absolute atomic E-state index is 0.0126. The molecule has 0 aromatic heterocycles. The van der Waals surface area contributed by atoms with Gasteiger partial charge in [-0.2, -0.15) is 0 Å². The maximum absolute atomic E-state index is 12.9. The molecule has 5 rings (SSSR count). The van der Waals surface area contributed by atoms with E-state index in [0.29, 0.717) is 11.6 Å². The van der Waals surface area contributed by atoms with Crippen LogP contribution >= 0.6 is 11.6 Å². The number of hydrogen-bond donors (Lipinski definition) is 0. The molecule has 0 spiro atoms. The predicted molar refractivity (Wildman–Crippen MR) is 161 cm³/mol. The van der Waals surface area contributed by atoms with Crippen molar-refractivity contribution in [1.29, 1.82) is 0 Å². The number of carbonyl (C=O) groups excluding carboxylic acids is 1. The minimum Gasteiger partial charge on any atom is -0.335 e. The number of carbonyl (C=O) groups is 1. The molecule has 0 saturated heterocycles. The summed E-state index contributed by atoms with van der Waals surface area (Å²) < 4.78 is 0. The maximum atomic E-state index is 12.9. The summed E-state index contributed by atoms with van der Waals surface area (Å²) in [7, 11) is 0. The van der Waals surface area contributed by atoms with Crippen molar-refractivity contribution in [1.82, 2.24) is 4.90 Å². The van der Waals surface area contributed by atoms with Crippen molar-refractivity contribution >= 4 is 45.1 Å². The zero-order chi connectivity index (χ0) is 26.5. The first-order valence-electron chi connectivity index (χ1n) is 13.1. The Kier molecular flexibility index (Phi) is 7.91. The molecule has 0 aliphatic heterocycles. The molecule has 3 heteroatoms. The molecule has 0 aliphatic carbocycles. The quantitative estimate of drug-likeness (QED) is 0.201. The van der Waals surface area contributed by atoms with Gasteiger partial charge in [-0.25, -0.2) is 0 Å². The minimum atomic E-state index is -0.0126. The zero-order valence-corrected chi connectivity index (χ0v) is 22.6. The van der Waals surface area contributed by atoms with Crippen LogP contribution in [0.4, 0.5) is 0 Å². The Balaban J connectivity index is 1.41. The van der Waals surface area contributed by atoms with Gasteiger partial charge in [-0.1, -0.05) is 109 Å². The molecule has 5 aromatic rings. The zero-order valence-electron chi connectivity index (χ0n) is 21.8. The van der Waals surface area contributed by atoms with Crippen LogP contribution in [0.5, 0.6) is 0 Å². The molecule has 0 bridgehead atoms. The fourth-order valence-corrected chi connectivity index (χ4v) is 5.40. The summed E-state index contributed by atoms with van der Waals surface area (Å²) >= 11 is 6.22. The molecule has 5 aromatic carbocycles. The number of benzene rings is 5. The average Bonchev–Trinajstić information content (AvgIpc) is 2.94. The molecule has 38 heavy (non-hydrogen) atoms. The second-order valence-corrected chi connectivity index (χ2v) is 10.4. The summed E-state index contributed by atoms with van der Waals surface area (Å²) in [4.78, 5) is 14.9. The summed E-state index contributed by atoms with van der Waals surface area (Å²) in [5.41, 5.74) is 3.48. The average molecular weight is 518 g/mol. The third-order valence-corrected chi connectivity index (χ3v) is 7.67. The smallest absolute Gasteiger partial charge is 0.220 e. The second-order valence-electron chi connectivity index (χ2n) is 9.97. The van der Waals surface area contributed by atoms with Crippen LogP contribution in [0.25, 0.3) is 27.6 Å². The van der Waals surface area contributed by atoms with Crippen molar-refractivity contribution in [2.24, 2.45) is 0 Å². The molecule has 0 aliphatic rings. The molecule has 2 unspecified atom stereocenters. The van der Waals surface area contributed by atoms with Gasteiger partial charge < -0.3 is 4.90 Å². The number of amides is 1. The highest BCUT2D eigenvalue weighted by atomic mass is 35.5. The van der Waals surface area contributed by atoms with E-state index in [1.54, 1.807) is 6.92 Å². The highest BCUT2D eigenvalue weighted by Gasteiger charge is 2.26. The first-order chi connectivity index (χ1) is 18.5. The van der Waals surface area contributed by atoms with Gasteiger partial charge in [0.05, 0.1) is 0 Å². The Labute approximate surface area is 230 Å². The molecule has 0 fully saturated rings. The standard InChI is InChI=1S/C35H32ClNO/c1-25(37(26(2)38)24-28-15-17-30-10-4-6-12-33(30)23-28)35(31-18-20-34(36)21-19-31)13-7-8-27-14-16-29-9-3-5-11-32(29)22-27/h3-12,14-23,25,35H,13,24H2,1-2H3.